The summed E-state index contributed by atoms with van der Waals surface area (Å²) in [7, 11) is 2.86. The van der Waals surface area contributed by atoms with Crippen LogP contribution in [0.15, 0.2) is 35.9 Å². The number of carbonyl (C=O) groups excluding carboxylic acids is 1. The number of carbonyl (C=O) groups is 1. The Bertz CT molecular complexity index is 494. The highest BCUT2D eigenvalue weighted by Gasteiger charge is 2.05. The van der Waals surface area contributed by atoms with Gasteiger partial charge in [-0.3, -0.25) is 0 Å². The molecule has 0 N–H and O–H groups in total. The van der Waals surface area contributed by atoms with E-state index in [9.17, 15) is 4.79 Å². The molecule has 0 aliphatic heterocycles. The lowest BCUT2D eigenvalue weighted by Gasteiger charge is -2.10. The normalized spacial score (nSPS) is 10.3. The Morgan fingerprint density at radius 1 is 1.37 bits per heavy atom. The van der Waals surface area contributed by atoms with Crippen LogP contribution in [-0.2, 0) is 9.53 Å². The van der Waals surface area contributed by atoms with Crippen LogP contribution in [0, 0.1) is 0 Å². The third kappa shape index (κ3) is 5.06. The van der Waals surface area contributed by atoms with Crippen LogP contribution in [0.1, 0.15) is 5.56 Å². The molecule has 0 aromatic heterocycles. The first-order chi connectivity index (χ1) is 9.06. The van der Waals surface area contributed by atoms with Gasteiger partial charge in [-0.1, -0.05) is 24.2 Å². The maximum Gasteiger partial charge on any atom is 0.330 e. The van der Waals surface area contributed by atoms with Gasteiger partial charge < -0.3 is 14.2 Å². The van der Waals surface area contributed by atoms with Crippen molar-refractivity contribution < 1.29 is 19.0 Å². The summed E-state index contributed by atoms with van der Waals surface area (Å²) in [5.41, 5.74) is 0.791. The Hall–Kier alpha value is -1.94. The third-order valence-corrected chi connectivity index (χ3v) is 2.29. The van der Waals surface area contributed by atoms with Crippen molar-refractivity contribution in [1.82, 2.24) is 0 Å². The molecule has 0 atom stereocenters. The zero-order valence-electron chi connectivity index (χ0n) is 10.8. The van der Waals surface area contributed by atoms with Crippen molar-refractivity contribution in [1.29, 1.82) is 0 Å². The summed E-state index contributed by atoms with van der Waals surface area (Å²) < 4.78 is 15.1. The molecule has 0 aliphatic carbocycles. The number of benzene rings is 1. The van der Waals surface area contributed by atoms with Gasteiger partial charge in [-0.15, -0.1) is 0 Å². The molecule has 5 heteroatoms. The molecule has 4 nitrogen and oxygen atoms in total. The van der Waals surface area contributed by atoms with Gasteiger partial charge >= 0.3 is 5.97 Å². The second kappa shape index (κ2) is 7.48. The van der Waals surface area contributed by atoms with Crippen LogP contribution < -0.4 is 9.47 Å². The molecule has 0 aliphatic rings. The lowest BCUT2D eigenvalue weighted by Crippen LogP contribution is -1.99. The van der Waals surface area contributed by atoms with Crippen molar-refractivity contribution >= 4 is 23.6 Å². The number of methoxy groups -OCH3 is 2. The van der Waals surface area contributed by atoms with Crippen LogP contribution in [-0.4, -0.2) is 26.8 Å². The van der Waals surface area contributed by atoms with E-state index in [-0.39, 0.29) is 6.61 Å². The van der Waals surface area contributed by atoms with Crippen LogP contribution >= 0.6 is 11.6 Å². The Morgan fingerprint density at radius 2 is 2.11 bits per heavy atom. The molecule has 0 saturated heterocycles. The molecule has 0 radical (unpaired) electrons. The Morgan fingerprint density at radius 3 is 2.68 bits per heavy atom. The first kappa shape index (κ1) is 15.1. The van der Waals surface area contributed by atoms with Gasteiger partial charge in [0.1, 0.15) is 6.61 Å². The Balaban J connectivity index is 2.86. The van der Waals surface area contributed by atoms with Crippen LogP contribution in [0.3, 0.4) is 0 Å². The molecule has 0 bridgehead atoms. The monoisotopic (exact) mass is 282 g/mol. The Kier molecular flexibility index (Phi) is 5.96. The number of esters is 1. The average Bonchev–Trinajstić information content (AvgIpc) is 2.42. The van der Waals surface area contributed by atoms with Gasteiger partial charge in [0.15, 0.2) is 11.5 Å². The van der Waals surface area contributed by atoms with E-state index in [2.05, 4.69) is 11.3 Å². The largest absolute Gasteiger partial charge is 0.493 e. The van der Waals surface area contributed by atoms with Gasteiger partial charge in [-0.25, -0.2) is 4.79 Å². The molecule has 1 aromatic carbocycles. The van der Waals surface area contributed by atoms with Crippen molar-refractivity contribution in [3.05, 3.63) is 41.4 Å². The van der Waals surface area contributed by atoms with Crippen LogP contribution in [0.4, 0.5) is 0 Å². The summed E-state index contributed by atoms with van der Waals surface area (Å²) in [5.74, 6) is 0.683. The predicted molar refractivity (Wildman–Crippen MR) is 74.5 cm³/mol. The van der Waals surface area contributed by atoms with Crippen molar-refractivity contribution in [2.45, 2.75) is 0 Å². The summed E-state index contributed by atoms with van der Waals surface area (Å²) in [6, 6.07) is 5.26. The first-order valence-corrected chi connectivity index (χ1v) is 5.84. The van der Waals surface area contributed by atoms with Gasteiger partial charge in [0.2, 0.25) is 0 Å². The minimum absolute atomic E-state index is 0.204. The molecule has 102 valence electrons. The molecule has 1 rings (SSSR count). The molecule has 1 aromatic rings. The quantitative estimate of drug-likeness (QED) is 0.594. The summed E-state index contributed by atoms with van der Waals surface area (Å²) >= 11 is 5.63. The summed E-state index contributed by atoms with van der Waals surface area (Å²) in [6.45, 7) is 3.74. The van der Waals surface area contributed by atoms with E-state index in [4.69, 9.17) is 21.1 Å². The van der Waals surface area contributed by atoms with E-state index < -0.39 is 5.97 Å². The van der Waals surface area contributed by atoms with Crippen LogP contribution in [0.2, 0.25) is 0 Å². The lowest BCUT2D eigenvalue weighted by atomic mass is 10.2. The smallest absolute Gasteiger partial charge is 0.330 e. The number of hydrogen-bond donors (Lipinski definition) is 0. The second-order valence-electron chi connectivity index (χ2n) is 3.57. The standard InChI is InChI=1S/C14H15ClO4/c1-10(15)9-19-12-6-4-11(8-13(12)17-2)5-7-14(16)18-3/h4-8H,1,9H2,2-3H3/b7-5+. The zero-order chi connectivity index (χ0) is 14.3. The van der Waals surface area contributed by atoms with Crippen LogP contribution in [0.25, 0.3) is 6.08 Å². The molecule has 0 amide bonds. The first-order valence-electron chi connectivity index (χ1n) is 5.47. The maximum atomic E-state index is 11.0. The fourth-order valence-corrected chi connectivity index (χ4v) is 1.35. The van der Waals surface area contributed by atoms with E-state index in [1.807, 2.05) is 0 Å². The Labute approximate surface area is 117 Å². The number of rotatable bonds is 6. The average molecular weight is 283 g/mol. The van der Waals surface area contributed by atoms with E-state index in [0.29, 0.717) is 16.5 Å². The molecule has 0 fully saturated rings. The number of hydrogen-bond acceptors (Lipinski definition) is 4. The molecule has 0 heterocycles. The van der Waals surface area contributed by atoms with E-state index >= 15 is 0 Å². The van der Waals surface area contributed by atoms with Crippen LogP contribution in [0.5, 0.6) is 11.5 Å². The van der Waals surface area contributed by atoms with E-state index in [1.54, 1.807) is 24.3 Å². The van der Waals surface area contributed by atoms with Crippen molar-refractivity contribution in [3.8, 4) is 11.5 Å². The molecule has 0 saturated carbocycles. The summed E-state index contributed by atoms with van der Waals surface area (Å²) in [4.78, 5) is 11.0. The zero-order valence-corrected chi connectivity index (χ0v) is 11.6. The van der Waals surface area contributed by atoms with Gasteiger partial charge in [-0.2, -0.15) is 0 Å². The van der Waals surface area contributed by atoms with Gasteiger partial charge in [0.05, 0.1) is 14.2 Å². The molecular weight excluding hydrogens is 268 g/mol. The van der Waals surface area contributed by atoms with E-state index in [0.717, 1.165) is 5.56 Å². The topological polar surface area (TPSA) is 44.8 Å². The minimum Gasteiger partial charge on any atom is -0.493 e. The van der Waals surface area contributed by atoms with Crippen molar-refractivity contribution in [2.24, 2.45) is 0 Å². The summed E-state index contributed by atoms with van der Waals surface area (Å²) in [5, 5.41) is 0.400. The maximum absolute atomic E-state index is 11.0. The SMILES string of the molecule is C=C(Cl)COc1ccc(/C=C/C(=O)OC)cc1OC. The predicted octanol–water partition coefficient (Wildman–Crippen LogP) is 3.01. The highest BCUT2D eigenvalue weighted by atomic mass is 35.5. The third-order valence-electron chi connectivity index (χ3n) is 2.19. The molecular formula is C14H15ClO4. The molecule has 0 unspecified atom stereocenters. The minimum atomic E-state index is -0.419. The number of ether oxygens (including phenoxy) is 3. The van der Waals surface area contributed by atoms with E-state index in [1.165, 1.54) is 20.3 Å². The van der Waals surface area contributed by atoms with Gasteiger partial charge in [0, 0.05) is 11.1 Å². The fraction of sp³-hybridized carbons (Fsp3) is 0.214. The lowest BCUT2D eigenvalue weighted by molar-refractivity contribution is -0.134. The molecule has 19 heavy (non-hydrogen) atoms. The highest BCUT2D eigenvalue weighted by Crippen LogP contribution is 2.29. The number of halogens is 1. The molecule has 0 spiro atoms. The fourth-order valence-electron chi connectivity index (χ4n) is 1.30. The second-order valence-corrected chi connectivity index (χ2v) is 4.11. The summed E-state index contributed by atoms with van der Waals surface area (Å²) in [6.07, 6.45) is 2.95. The van der Waals surface area contributed by atoms with Crippen molar-refractivity contribution in [2.75, 3.05) is 20.8 Å². The van der Waals surface area contributed by atoms with Gasteiger partial charge in [-0.05, 0) is 23.8 Å². The van der Waals surface area contributed by atoms with Gasteiger partial charge in [0.25, 0.3) is 0 Å². The van der Waals surface area contributed by atoms with Crippen molar-refractivity contribution in [3.63, 3.8) is 0 Å². The highest BCUT2D eigenvalue weighted by molar-refractivity contribution is 6.29.